The molecule has 60 valence electrons. The van der Waals surface area contributed by atoms with Gasteiger partial charge in [-0.2, -0.15) is 4.37 Å². The molecule has 0 fully saturated rings. The maximum absolute atomic E-state index is 11.9. The van der Waals surface area contributed by atoms with E-state index in [0.717, 1.165) is 5.38 Å². The fourth-order valence-electron chi connectivity index (χ4n) is 0.563. The van der Waals surface area contributed by atoms with E-state index in [1.165, 1.54) is 0 Å². The predicted octanol–water partition coefficient (Wildman–Crippen LogP) is 1.78. The van der Waals surface area contributed by atoms with Gasteiger partial charge in [0.1, 0.15) is 5.69 Å². The van der Waals surface area contributed by atoms with Gasteiger partial charge in [-0.25, -0.2) is 13.6 Å². The Labute approximate surface area is 64.4 Å². The van der Waals surface area contributed by atoms with E-state index in [-0.39, 0.29) is 0 Å². The van der Waals surface area contributed by atoms with Gasteiger partial charge in [0.25, 0.3) is 6.43 Å². The van der Waals surface area contributed by atoms with Crippen LogP contribution in [0.2, 0.25) is 0 Å². The molecule has 1 heterocycles. The van der Waals surface area contributed by atoms with E-state index in [2.05, 4.69) is 4.37 Å². The van der Waals surface area contributed by atoms with Gasteiger partial charge in [-0.3, -0.25) is 0 Å². The van der Waals surface area contributed by atoms with Crippen LogP contribution in [0, 0.1) is 0 Å². The van der Waals surface area contributed by atoms with Crippen molar-refractivity contribution < 1.29 is 18.7 Å². The van der Waals surface area contributed by atoms with E-state index in [1.54, 1.807) is 0 Å². The molecule has 0 amide bonds. The minimum Gasteiger partial charge on any atom is -0.478 e. The number of halogens is 2. The van der Waals surface area contributed by atoms with Gasteiger partial charge in [0.2, 0.25) is 0 Å². The Balaban J connectivity index is 3.06. The van der Waals surface area contributed by atoms with E-state index in [0.29, 0.717) is 11.5 Å². The van der Waals surface area contributed by atoms with Gasteiger partial charge in [-0.15, -0.1) is 0 Å². The second-order valence-electron chi connectivity index (χ2n) is 1.72. The first kappa shape index (κ1) is 8.06. The average Bonchev–Trinajstić information content (AvgIpc) is 2.32. The third-order valence-electron chi connectivity index (χ3n) is 1.03. The zero-order chi connectivity index (χ0) is 8.43. The molecular formula is C5H3F2NO2S. The molecule has 0 saturated carbocycles. The molecule has 0 radical (unpaired) electrons. The highest BCUT2D eigenvalue weighted by atomic mass is 32.1. The number of carbonyl (C=O) groups is 1. The van der Waals surface area contributed by atoms with Gasteiger partial charge in [0, 0.05) is 5.38 Å². The van der Waals surface area contributed by atoms with Crippen molar-refractivity contribution in [3.8, 4) is 0 Å². The summed E-state index contributed by atoms with van der Waals surface area (Å²) in [4.78, 5) is 10.2. The van der Waals surface area contributed by atoms with E-state index < -0.39 is 23.7 Å². The van der Waals surface area contributed by atoms with Crippen molar-refractivity contribution in [3.05, 3.63) is 16.6 Å². The Hall–Kier alpha value is -1.04. The smallest absolute Gasteiger partial charge is 0.338 e. The summed E-state index contributed by atoms with van der Waals surface area (Å²) in [6.45, 7) is 0. The van der Waals surface area contributed by atoms with Crippen molar-refractivity contribution >= 4 is 17.5 Å². The van der Waals surface area contributed by atoms with Crippen LogP contribution in [-0.4, -0.2) is 15.4 Å². The predicted molar refractivity (Wildman–Crippen MR) is 34.0 cm³/mol. The van der Waals surface area contributed by atoms with Gasteiger partial charge in [-0.05, 0) is 11.5 Å². The topological polar surface area (TPSA) is 50.2 Å². The van der Waals surface area contributed by atoms with Gasteiger partial charge in [0.15, 0.2) is 0 Å². The Morgan fingerprint density at radius 1 is 1.73 bits per heavy atom. The van der Waals surface area contributed by atoms with Crippen LogP contribution in [0.3, 0.4) is 0 Å². The fourth-order valence-corrected chi connectivity index (χ4v) is 1.23. The highest BCUT2D eigenvalue weighted by Gasteiger charge is 2.20. The molecule has 0 aliphatic heterocycles. The number of nitrogens with zero attached hydrogens (tertiary/aromatic N) is 1. The summed E-state index contributed by atoms with van der Waals surface area (Å²) in [6.07, 6.45) is -2.81. The number of carboxylic acid groups (broad SMARTS) is 1. The Bertz CT molecular complexity index is 273. The van der Waals surface area contributed by atoms with Crippen molar-refractivity contribution in [1.29, 1.82) is 0 Å². The average molecular weight is 179 g/mol. The van der Waals surface area contributed by atoms with E-state index >= 15 is 0 Å². The maximum Gasteiger partial charge on any atom is 0.338 e. The van der Waals surface area contributed by atoms with Crippen molar-refractivity contribution in [2.45, 2.75) is 6.43 Å². The van der Waals surface area contributed by atoms with Gasteiger partial charge in [-0.1, -0.05) is 0 Å². The van der Waals surface area contributed by atoms with Crippen LogP contribution in [-0.2, 0) is 0 Å². The summed E-state index contributed by atoms with van der Waals surface area (Å²) >= 11 is 0.712. The SMILES string of the molecule is O=C(O)c1csnc1C(F)F. The summed E-state index contributed by atoms with van der Waals surface area (Å²) in [7, 11) is 0. The molecule has 1 rings (SSSR count). The molecule has 6 heteroatoms. The number of carboxylic acids is 1. The van der Waals surface area contributed by atoms with Crippen molar-refractivity contribution in [2.75, 3.05) is 0 Å². The molecular weight excluding hydrogens is 176 g/mol. The van der Waals surface area contributed by atoms with Crippen LogP contribution < -0.4 is 0 Å². The van der Waals surface area contributed by atoms with Crippen LogP contribution >= 0.6 is 11.5 Å². The summed E-state index contributed by atoms with van der Waals surface area (Å²) in [5.41, 5.74) is -1.06. The number of hydrogen-bond donors (Lipinski definition) is 1. The molecule has 1 aromatic heterocycles. The molecule has 0 atom stereocenters. The lowest BCUT2D eigenvalue weighted by Gasteiger charge is -1.93. The molecule has 0 bridgehead atoms. The number of hydrogen-bond acceptors (Lipinski definition) is 3. The number of rotatable bonds is 2. The third kappa shape index (κ3) is 1.51. The Morgan fingerprint density at radius 3 is 2.73 bits per heavy atom. The summed E-state index contributed by atoms with van der Waals surface area (Å²) in [6, 6.07) is 0. The van der Waals surface area contributed by atoms with Crippen LogP contribution in [0.4, 0.5) is 8.78 Å². The van der Waals surface area contributed by atoms with Crippen LogP contribution in [0.25, 0.3) is 0 Å². The zero-order valence-corrected chi connectivity index (χ0v) is 5.94. The van der Waals surface area contributed by atoms with E-state index in [1.807, 2.05) is 0 Å². The second kappa shape index (κ2) is 2.91. The summed E-state index contributed by atoms with van der Waals surface area (Å²) in [5, 5.41) is 9.42. The van der Waals surface area contributed by atoms with Crippen LogP contribution in [0.5, 0.6) is 0 Å². The van der Waals surface area contributed by atoms with Crippen molar-refractivity contribution in [3.63, 3.8) is 0 Å². The first-order valence-electron chi connectivity index (χ1n) is 2.58. The number of aromatic carboxylic acids is 1. The van der Waals surface area contributed by atoms with E-state index in [9.17, 15) is 13.6 Å². The minimum absolute atomic E-state index is 0.412. The largest absolute Gasteiger partial charge is 0.478 e. The molecule has 0 spiro atoms. The quantitative estimate of drug-likeness (QED) is 0.752. The zero-order valence-electron chi connectivity index (χ0n) is 5.12. The van der Waals surface area contributed by atoms with Crippen LogP contribution in [0.15, 0.2) is 5.38 Å². The molecule has 0 aliphatic carbocycles. The van der Waals surface area contributed by atoms with Gasteiger partial charge in [0.05, 0.1) is 5.56 Å². The Morgan fingerprint density at radius 2 is 2.36 bits per heavy atom. The lowest BCUT2D eigenvalue weighted by molar-refractivity contribution is 0.0684. The minimum atomic E-state index is -2.81. The highest BCUT2D eigenvalue weighted by molar-refractivity contribution is 7.03. The highest BCUT2D eigenvalue weighted by Crippen LogP contribution is 2.22. The van der Waals surface area contributed by atoms with E-state index in [4.69, 9.17) is 5.11 Å². The second-order valence-corrected chi connectivity index (χ2v) is 2.35. The first-order valence-corrected chi connectivity index (χ1v) is 3.42. The molecule has 1 aromatic rings. The first-order chi connectivity index (χ1) is 5.13. The van der Waals surface area contributed by atoms with Crippen molar-refractivity contribution in [1.82, 2.24) is 4.37 Å². The summed E-state index contributed by atoms with van der Waals surface area (Å²) < 4.78 is 27.1. The molecule has 0 unspecified atom stereocenters. The maximum atomic E-state index is 11.9. The lowest BCUT2D eigenvalue weighted by atomic mass is 10.3. The standard InChI is InChI=1S/C5H3F2NO2S/c6-4(7)3-2(5(9)10)1-11-8-3/h1,4H,(H,9,10). The molecule has 3 nitrogen and oxygen atoms in total. The normalized spacial score (nSPS) is 10.5. The molecule has 0 saturated heterocycles. The third-order valence-corrected chi connectivity index (χ3v) is 1.68. The number of aromatic nitrogens is 1. The van der Waals surface area contributed by atoms with Gasteiger partial charge < -0.3 is 5.11 Å². The van der Waals surface area contributed by atoms with Gasteiger partial charge >= 0.3 is 5.97 Å². The monoisotopic (exact) mass is 179 g/mol. The summed E-state index contributed by atoms with van der Waals surface area (Å²) in [5.74, 6) is -1.37. The molecule has 0 aromatic carbocycles. The Kier molecular flexibility index (Phi) is 2.13. The van der Waals surface area contributed by atoms with Crippen LogP contribution in [0.1, 0.15) is 22.5 Å². The molecule has 0 aliphatic rings. The lowest BCUT2D eigenvalue weighted by Crippen LogP contribution is -1.99. The molecule has 11 heavy (non-hydrogen) atoms. The van der Waals surface area contributed by atoms with Crippen molar-refractivity contribution in [2.24, 2.45) is 0 Å². The fraction of sp³-hybridized carbons (Fsp3) is 0.200. The number of alkyl halides is 2. The molecule has 1 N–H and O–H groups in total.